The standard InChI is InChI=1S/C21H23N5OS/c1-4-25-18-8-6-5-7-16(18)12-19(25)21-23-17(13-28-21)20(27)22-9-10-26-15(3)11-14(2)24-26/h5-8,11-13H,4,9-10H2,1-3H3,(H,22,27). The molecule has 0 saturated heterocycles. The first-order valence-electron chi connectivity index (χ1n) is 9.40. The smallest absolute Gasteiger partial charge is 0.270 e. The van der Waals surface area contributed by atoms with Gasteiger partial charge < -0.3 is 9.88 Å². The quantitative estimate of drug-likeness (QED) is 0.538. The molecule has 7 heteroatoms. The molecule has 0 aliphatic rings. The Morgan fingerprint density at radius 2 is 2.04 bits per heavy atom. The van der Waals surface area contributed by atoms with Crippen molar-refractivity contribution in [3.05, 3.63) is 58.9 Å². The summed E-state index contributed by atoms with van der Waals surface area (Å²) < 4.78 is 4.14. The molecule has 0 bridgehead atoms. The van der Waals surface area contributed by atoms with Gasteiger partial charge in [-0.2, -0.15) is 5.10 Å². The summed E-state index contributed by atoms with van der Waals surface area (Å²) in [6.07, 6.45) is 0. The maximum atomic E-state index is 12.5. The molecule has 1 aromatic carbocycles. The van der Waals surface area contributed by atoms with Gasteiger partial charge >= 0.3 is 0 Å². The number of thiazole rings is 1. The lowest BCUT2D eigenvalue weighted by Crippen LogP contribution is -2.28. The molecule has 28 heavy (non-hydrogen) atoms. The summed E-state index contributed by atoms with van der Waals surface area (Å²) in [6, 6.07) is 12.5. The number of carbonyl (C=O) groups excluding carboxylic acids is 1. The normalized spacial score (nSPS) is 11.2. The van der Waals surface area contributed by atoms with Crippen LogP contribution in [0, 0.1) is 13.8 Å². The highest BCUT2D eigenvalue weighted by atomic mass is 32.1. The van der Waals surface area contributed by atoms with Crippen molar-refractivity contribution < 1.29 is 4.79 Å². The minimum Gasteiger partial charge on any atom is -0.349 e. The van der Waals surface area contributed by atoms with E-state index < -0.39 is 0 Å². The maximum absolute atomic E-state index is 12.5. The Labute approximate surface area is 167 Å². The van der Waals surface area contributed by atoms with E-state index in [9.17, 15) is 4.79 Å². The second kappa shape index (κ2) is 7.59. The summed E-state index contributed by atoms with van der Waals surface area (Å²) in [5.74, 6) is -0.150. The number of hydrogen-bond acceptors (Lipinski definition) is 4. The summed E-state index contributed by atoms with van der Waals surface area (Å²) in [5, 5.41) is 11.2. The Balaban J connectivity index is 1.48. The summed E-state index contributed by atoms with van der Waals surface area (Å²) in [6.45, 7) is 8.12. The zero-order valence-corrected chi connectivity index (χ0v) is 17.1. The van der Waals surface area contributed by atoms with Crippen LogP contribution in [0.5, 0.6) is 0 Å². The molecular formula is C21H23N5OS. The van der Waals surface area contributed by atoms with E-state index in [4.69, 9.17) is 0 Å². The minimum atomic E-state index is -0.150. The average molecular weight is 394 g/mol. The molecule has 0 unspecified atom stereocenters. The van der Waals surface area contributed by atoms with Crippen molar-refractivity contribution in [2.24, 2.45) is 0 Å². The Bertz CT molecular complexity index is 1140. The van der Waals surface area contributed by atoms with Crippen molar-refractivity contribution in [3.63, 3.8) is 0 Å². The number of fused-ring (bicyclic) bond motifs is 1. The summed E-state index contributed by atoms with van der Waals surface area (Å²) in [5.41, 5.74) is 4.78. The largest absolute Gasteiger partial charge is 0.349 e. The molecule has 0 atom stereocenters. The monoisotopic (exact) mass is 393 g/mol. The van der Waals surface area contributed by atoms with Crippen LogP contribution in [-0.4, -0.2) is 31.8 Å². The van der Waals surface area contributed by atoms with Crippen molar-refractivity contribution in [1.29, 1.82) is 0 Å². The first-order valence-corrected chi connectivity index (χ1v) is 10.3. The summed E-state index contributed by atoms with van der Waals surface area (Å²) >= 11 is 1.50. The molecule has 0 aliphatic heterocycles. The van der Waals surface area contributed by atoms with E-state index in [2.05, 4.69) is 45.1 Å². The number of nitrogens with one attached hydrogen (secondary N) is 1. The van der Waals surface area contributed by atoms with Gasteiger partial charge in [0, 0.05) is 35.1 Å². The van der Waals surface area contributed by atoms with Crippen molar-refractivity contribution in [2.45, 2.75) is 33.9 Å². The van der Waals surface area contributed by atoms with Crippen LogP contribution in [0.4, 0.5) is 0 Å². The van der Waals surface area contributed by atoms with Crippen LogP contribution in [0.25, 0.3) is 21.6 Å². The van der Waals surface area contributed by atoms with Gasteiger partial charge in [0.15, 0.2) is 0 Å². The van der Waals surface area contributed by atoms with Crippen LogP contribution in [-0.2, 0) is 13.1 Å². The van der Waals surface area contributed by atoms with Crippen LogP contribution < -0.4 is 5.32 Å². The number of rotatable bonds is 6. The minimum absolute atomic E-state index is 0.150. The van der Waals surface area contributed by atoms with E-state index in [-0.39, 0.29) is 5.91 Å². The number of carbonyl (C=O) groups is 1. The predicted molar refractivity (Wildman–Crippen MR) is 113 cm³/mol. The van der Waals surface area contributed by atoms with E-state index in [1.807, 2.05) is 42.1 Å². The maximum Gasteiger partial charge on any atom is 0.270 e. The van der Waals surface area contributed by atoms with E-state index in [1.54, 1.807) is 0 Å². The van der Waals surface area contributed by atoms with Crippen molar-refractivity contribution >= 4 is 28.1 Å². The lowest BCUT2D eigenvalue weighted by molar-refractivity contribution is 0.0947. The van der Waals surface area contributed by atoms with Gasteiger partial charge in [-0.1, -0.05) is 18.2 Å². The van der Waals surface area contributed by atoms with Gasteiger partial charge in [-0.3, -0.25) is 9.48 Å². The Kier molecular flexibility index (Phi) is 5.00. The Morgan fingerprint density at radius 1 is 1.21 bits per heavy atom. The van der Waals surface area contributed by atoms with E-state index in [0.29, 0.717) is 18.8 Å². The highest BCUT2D eigenvalue weighted by Crippen LogP contribution is 2.30. The van der Waals surface area contributed by atoms with Crippen LogP contribution in [0.3, 0.4) is 0 Å². The summed E-state index contributed by atoms with van der Waals surface area (Å²) in [4.78, 5) is 17.1. The second-order valence-corrected chi connectivity index (χ2v) is 7.63. The van der Waals surface area contributed by atoms with Gasteiger partial charge in [0.2, 0.25) is 0 Å². The van der Waals surface area contributed by atoms with Gasteiger partial charge in [-0.25, -0.2) is 4.98 Å². The highest BCUT2D eigenvalue weighted by Gasteiger charge is 2.16. The third kappa shape index (κ3) is 3.45. The first kappa shape index (κ1) is 18.4. The number of amides is 1. The van der Waals surface area contributed by atoms with E-state index in [1.165, 1.54) is 22.2 Å². The molecule has 1 amide bonds. The van der Waals surface area contributed by atoms with Crippen LogP contribution >= 0.6 is 11.3 Å². The number of aromatic nitrogens is 4. The summed E-state index contributed by atoms with van der Waals surface area (Å²) in [7, 11) is 0. The molecule has 3 heterocycles. The van der Waals surface area contributed by atoms with Crippen molar-refractivity contribution in [1.82, 2.24) is 24.6 Å². The van der Waals surface area contributed by atoms with Crippen molar-refractivity contribution in [3.8, 4) is 10.7 Å². The van der Waals surface area contributed by atoms with Gasteiger partial charge in [-0.15, -0.1) is 11.3 Å². The van der Waals surface area contributed by atoms with E-state index in [0.717, 1.165) is 28.6 Å². The predicted octanol–water partition coefficient (Wildman–Crippen LogP) is 4.03. The third-order valence-electron chi connectivity index (χ3n) is 4.80. The molecule has 0 fully saturated rings. The third-order valence-corrected chi connectivity index (χ3v) is 5.66. The molecule has 4 rings (SSSR count). The van der Waals surface area contributed by atoms with Gasteiger partial charge in [0.1, 0.15) is 10.7 Å². The SMILES string of the molecule is CCn1c(-c2nc(C(=O)NCCn3nc(C)cc3C)cs2)cc2ccccc21. The molecule has 6 nitrogen and oxygen atoms in total. The molecule has 0 aliphatic carbocycles. The molecule has 0 spiro atoms. The lowest BCUT2D eigenvalue weighted by atomic mass is 10.2. The van der Waals surface area contributed by atoms with Gasteiger partial charge in [0.25, 0.3) is 5.91 Å². The zero-order valence-electron chi connectivity index (χ0n) is 16.3. The highest BCUT2D eigenvalue weighted by molar-refractivity contribution is 7.13. The van der Waals surface area contributed by atoms with Gasteiger partial charge in [-0.05, 0) is 39.0 Å². The Hall–Kier alpha value is -2.93. The molecule has 3 aromatic heterocycles. The molecular weight excluding hydrogens is 370 g/mol. The van der Waals surface area contributed by atoms with Crippen molar-refractivity contribution in [2.75, 3.05) is 6.54 Å². The number of nitrogens with zero attached hydrogens (tertiary/aromatic N) is 4. The van der Waals surface area contributed by atoms with Crippen LogP contribution in [0.1, 0.15) is 28.8 Å². The fourth-order valence-corrected chi connectivity index (χ4v) is 4.32. The fraction of sp³-hybridized carbons (Fsp3) is 0.286. The topological polar surface area (TPSA) is 64.7 Å². The number of benzene rings is 1. The average Bonchev–Trinajstić information content (AvgIpc) is 3.38. The van der Waals surface area contributed by atoms with E-state index >= 15 is 0 Å². The zero-order chi connectivity index (χ0) is 19.7. The lowest BCUT2D eigenvalue weighted by Gasteiger charge is -2.06. The number of para-hydroxylation sites is 1. The van der Waals surface area contributed by atoms with Crippen LogP contribution in [0.2, 0.25) is 0 Å². The number of hydrogen-bond donors (Lipinski definition) is 1. The van der Waals surface area contributed by atoms with Crippen LogP contribution in [0.15, 0.2) is 41.8 Å². The molecule has 1 N–H and O–H groups in total. The number of aryl methyl sites for hydroxylation is 3. The molecule has 144 valence electrons. The fourth-order valence-electron chi connectivity index (χ4n) is 3.49. The van der Waals surface area contributed by atoms with Gasteiger partial charge in [0.05, 0.1) is 17.9 Å². The molecule has 0 saturated carbocycles. The second-order valence-electron chi connectivity index (χ2n) is 6.78. The first-order chi connectivity index (χ1) is 13.6. The molecule has 4 aromatic rings. The Morgan fingerprint density at radius 3 is 2.79 bits per heavy atom. The molecule has 0 radical (unpaired) electrons.